The maximum Gasteiger partial charge on any atom is 0.224 e. The molecule has 1 amide bonds. The molecule has 1 atom stereocenters. The van der Waals surface area contributed by atoms with E-state index in [2.05, 4.69) is 80.6 Å². The predicted octanol–water partition coefficient (Wildman–Crippen LogP) is 7.73. The molecule has 0 unspecified atom stereocenters. The Labute approximate surface area is 270 Å². The number of ether oxygens (including phenoxy) is 1. The smallest absolute Gasteiger partial charge is 0.224 e. The summed E-state index contributed by atoms with van der Waals surface area (Å²) >= 11 is 1.36. The summed E-state index contributed by atoms with van der Waals surface area (Å²) in [5.41, 5.74) is 5.65. The normalized spacial score (nSPS) is 14.8. The van der Waals surface area contributed by atoms with Gasteiger partial charge in [0, 0.05) is 23.2 Å². The molecule has 4 aromatic rings. The number of benzene rings is 3. The number of hydrogen-bond donors (Lipinski definition) is 1. The number of rotatable bonds is 13. The predicted molar refractivity (Wildman–Crippen MR) is 180 cm³/mol. The molecule has 0 spiro atoms. The minimum atomic E-state index is -0.332. The SMILES string of the molecule is CCC(C)(C)c1ccc(OCCCC(=O)Nc2ccc3c(c2)C(=O)[C@H](Sc2nnnn2-c2ccccc2)C3)c(C(C)(C)CC)c1. The van der Waals surface area contributed by atoms with Gasteiger partial charge in [0.15, 0.2) is 5.78 Å². The first-order chi connectivity index (χ1) is 21.5. The number of amides is 1. The number of para-hydroxylation sites is 1. The monoisotopic (exact) mass is 625 g/mol. The zero-order valence-corrected chi connectivity index (χ0v) is 27.9. The van der Waals surface area contributed by atoms with Crippen LogP contribution in [-0.4, -0.2) is 43.8 Å². The maximum atomic E-state index is 13.3. The second-order valence-corrected chi connectivity index (χ2v) is 14.1. The van der Waals surface area contributed by atoms with Crippen molar-refractivity contribution in [3.05, 3.63) is 89.0 Å². The Bertz CT molecular complexity index is 1660. The largest absolute Gasteiger partial charge is 0.493 e. The Morgan fingerprint density at radius 1 is 1.00 bits per heavy atom. The molecular weight excluding hydrogens is 582 g/mol. The second-order valence-electron chi connectivity index (χ2n) is 12.9. The van der Waals surface area contributed by atoms with Crippen LogP contribution in [0.25, 0.3) is 5.69 Å². The number of tetrazole rings is 1. The van der Waals surface area contributed by atoms with Crippen LogP contribution in [0.1, 0.15) is 94.3 Å². The number of nitrogens with zero attached hydrogens (tertiary/aromatic N) is 4. The molecule has 236 valence electrons. The van der Waals surface area contributed by atoms with Gasteiger partial charge in [-0.25, -0.2) is 0 Å². The van der Waals surface area contributed by atoms with Gasteiger partial charge in [0.1, 0.15) is 5.75 Å². The number of ketones is 1. The molecule has 0 saturated carbocycles. The molecular formula is C36H43N5O3S. The molecule has 8 nitrogen and oxygen atoms in total. The molecule has 1 N–H and O–H groups in total. The van der Waals surface area contributed by atoms with Gasteiger partial charge in [0.05, 0.1) is 17.5 Å². The number of aromatic nitrogens is 4. The Morgan fingerprint density at radius 3 is 2.49 bits per heavy atom. The highest BCUT2D eigenvalue weighted by Gasteiger charge is 2.33. The number of hydrogen-bond acceptors (Lipinski definition) is 7. The van der Waals surface area contributed by atoms with Crippen molar-refractivity contribution in [1.82, 2.24) is 20.2 Å². The van der Waals surface area contributed by atoms with Gasteiger partial charge in [-0.15, -0.1) is 5.10 Å². The van der Waals surface area contributed by atoms with Crippen molar-refractivity contribution in [1.29, 1.82) is 0 Å². The number of Topliss-reactive ketones (excluding diaryl/α,β-unsaturated/α-hetero) is 1. The zero-order valence-electron chi connectivity index (χ0n) is 27.1. The van der Waals surface area contributed by atoms with E-state index in [0.717, 1.165) is 29.8 Å². The van der Waals surface area contributed by atoms with Crippen LogP contribution in [0.4, 0.5) is 5.69 Å². The van der Waals surface area contributed by atoms with E-state index >= 15 is 0 Å². The third-order valence-electron chi connectivity index (χ3n) is 9.11. The summed E-state index contributed by atoms with van der Waals surface area (Å²) in [4.78, 5) is 26.2. The molecule has 9 heteroatoms. The quantitative estimate of drug-likeness (QED) is 0.152. The van der Waals surface area contributed by atoms with Crippen molar-refractivity contribution >= 4 is 29.1 Å². The fraction of sp³-hybridized carbons (Fsp3) is 0.417. The minimum absolute atomic E-state index is 0.0151. The van der Waals surface area contributed by atoms with E-state index in [-0.39, 0.29) is 27.8 Å². The van der Waals surface area contributed by atoms with E-state index in [9.17, 15) is 9.59 Å². The summed E-state index contributed by atoms with van der Waals surface area (Å²) in [6.07, 6.45) is 3.54. The first-order valence-electron chi connectivity index (χ1n) is 15.8. The third-order valence-corrected chi connectivity index (χ3v) is 10.2. The van der Waals surface area contributed by atoms with Gasteiger partial charge >= 0.3 is 0 Å². The van der Waals surface area contributed by atoms with Crippen molar-refractivity contribution in [3.63, 3.8) is 0 Å². The summed E-state index contributed by atoms with van der Waals surface area (Å²) in [5, 5.41) is 15.3. The van der Waals surface area contributed by atoms with Crippen molar-refractivity contribution in [3.8, 4) is 11.4 Å². The van der Waals surface area contributed by atoms with Gasteiger partial charge in [0.2, 0.25) is 11.1 Å². The molecule has 0 bridgehead atoms. The van der Waals surface area contributed by atoms with Crippen molar-refractivity contribution in [2.75, 3.05) is 11.9 Å². The van der Waals surface area contributed by atoms with Crippen LogP contribution < -0.4 is 10.1 Å². The second kappa shape index (κ2) is 13.6. The molecule has 45 heavy (non-hydrogen) atoms. The summed E-state index contributed by atoms with van der Waals surface area (Å²) in [6.45, 7) is 13.9. The molecule has 0 radical (unpaired) electrons. The van der Waals surface area contributed by atoms with Crippen molar-refractivity contribution in [2.24, 2.45) is 0 Å². The van der Waals surface area contributed by atoms with Gasteiger partial charge in [0.25, 0.3) is 0 Å². The summed E-state index contributed by atoms with van der Waals surface area (Å²) < 4.78 is 7.89. The van der Waals surface area contributed by atoms with E-state index in [4.69, 9.17) is 4.74 Å². The zero-order chi connectivity index (χ0) is 32.2. The van der Waals surface area contributed by atoms with Crippen LogP contribution in [0.2, 0.25) is 0 Å². The van der Waals surface area contributed by atoms with E-state index in [1.165, 1.54) is 22.9 Å². The summed E-state index contributed by atoms with van der Waals surface area (Å²) in [7, 11) is 0. The fourth-order valence-electron chi connectivity index (χ4n) is 5.37. The molecule has 5 rings (SSSR count). The number of anilines is 1. The molecule has 1 heterocycles. The first-order valence-corrected chi connectivity index (χ1v) is 16.7. The number of carbonyl (C=O) groups is 2. The van der Waals surface area contributed by atoms with Gasteiger partial charge in [-0.2, -0.15) is 4.68 Å². The highest BCUT2D eigenvalue weighted by Crippen LogP contribution is 2.39. The van der Waals surface area contributed by atoms with Crippen LogP contribution in [0.15, 0.2) is 71.9 Å². The molecule has 0 saturated heterocycles. The van der Waals surface area contributed by atoms with Crippen molar-refractivity contribution < 1.29 is 14.3 Å². The van der Waals surface area contributed by atoms with Gasteiger partial charge < -0.3 is 10.1 Å². The lowest BCUT2D eigenvalue weighted by molar-refractivity contribution is -0.116. The van der Waals surface area contributed by atoms with E-state index in [1.54, 1.807) is 10.7 Å². The topological polar surface area (TPSA) is 99.0 Å². The molecule has 1 aliphatic carbocycles. The van der Waals surface area contributed by atoms with Crippen molar-refractivity contribution in [2.45, 2.75) is 94.9 Å². The van der Waals surface area contributed by atoms with Crippen LogP contribution in [0.5, 0.6) is 5.75 Å². The average Bonchev–Trinajstić information content (AvgIpc) is 3.63. The van der Waals surface area contributed by atoms with E-state index < -0.39 is 0 Å². The number of carbonyl (C=O) groups excluding carboxylic acids is 2. The molecule has 1 aromatic heterocycles. The van der Waals surface area contributed by atoms with Gasteiger partial charge in [-0.05, 0) is 88.4 Å². The first kappa shape index (κ1) is 32.4. The lowest BCUT2D eigenvalue weighted by Gasteiger charge is -2.30. The van der Waals surface area contributed by atoms with E-state index in [0.29, 0.717) is 42.3 Å². The minimum Gasteiger partial charge on any atom is -0.493 e. The molecule has 1 aliphatic rings. The van der Waals surface area contributed by atoms with Gasteiger partial charge in [-0.1, -0.05) is 89.7 Å². The summed E-state index contributed by atoms with van der Waals surface area (Å²) in [5.74, 6) is 0.799. The lowest BCUT2D eigenvalue weighted by Crippen LogP contribution is -2.21. The number of nitrogens with one attached hydrogen (secondary N) is 1. The highest BCUT2D eigenvalue weighted by atomic mass is 32.2. The third kappa shape index (κ3) is 7.30. The lowest BCUT2D eigenvalue weighted by atomic mass is 9.76. The Morgan fingerprint density at radius 2 is 1.76 bits per heavy atom. The summed E-state index contributed by atoms with van der Waals surface area (Å²) in [6, 6.07) is 21.7. The van der Waals surface area contributed by atoms with Crippen LogP contribution in [0, 0.1) is 0 Å². The Hall–Kier alpha value is -3.98. The standard InChI is InChI=1S/C36H43N5O3S/c1-7-35(3,4)25-17-19-30(29(22-25)36(5,6)8-2)44-20-12-15-32(42)37-26-18-16-24-21-31(33(43)28(24)23-26)45-34-38-39-40-41(34)27-13-10-9-11-14-27/h9-11,13-14,16-19,22-23,31H,7-8,12,15,20-21H2,1-6H3,(H,37,42)/t31-/m1/s1. The van der Waals surface area contributed by atoms with Crippen LogP contribution in [0.3, 0.4) is 0 Å². The number of fused-ring (bicyclic) bond motifs is 1. The van der Waals surface area contributed by atoms with Gasteiger partial charge in [-0.3, -0.25) is 9.59 Å². The van der Waals surface area contributed by atoms with Crippen LogP contribution >= 0.6 is 11.8 Å². The highest BCUT2D eigenvalue weighted by molar-refractivity contribution is 8.00. The molecule has 0 fully saturated rings. The molecule has 3 aromatic carbocycles. The fourth-order valence-corrected chi connectivity index (χ4v) is 6.45. The number of thioether (sulfide) groups is 1. The van der Waals surface area contributed by atoms with Crippen LogP contribution in [-0.2, 0) is 22.0 Å². The molecule has 0 aliphatic heterocycles. The Balaban J connectivity index is 1.16. The maximum absolute atomic E-state index is 13.3. The average molecular weight is 626 g/mol. The van der Waals surface area contributed by atoms with E-state index in [1.807, 2.05) is 42.5 Å². The Kier molecular flexibility index (Phi) is 9.77.